The number of carbonyl (C=O) groups excluding carboxylic acids is 1. The zero-order chi connectivity index (χ0) is 22.4. The molecule has 9 heteroatoms. The van der Waals surface area contributed by atoms with Gasteiger partial charge in [-0.15, -0.1) is 0 Å². The summed E-state index contributed by atoms with van der Waals surface area (Å²) >= 11 is 0. The molecule has 0 aliphatic heterocycles. The minimum atomic E-state index is -3.74. The first kappa shape index (κ1) is 22.1. The lowest BCUT2D eigenvalue weighted by Crippen LogP contribution is -2.30. The number of nitrogens with one attached hydrogen (secondary N) is 1. The molecule has 8 nitrogen and oxygen atoms in total. The lowest BCUT2D eigenvalue weighted by molar-refractivity contribution is -0.384. The number of amides is 1. The van der Waals surface area contributed by atoms with Gasteiger partial charge < -0.3 is 5.32 Å². The van der Waals surface area contributed by atoms with Crippen LogP contribution in [0.5, 0.6) is 0 Å². The predicted octanol–water partition coefficient (Wildman–Crippen LogP) is 4.06. The van der Waals surface area contributed by atoms with E-state index in [4.69, 9.17) is 0 Å². The van der Waals surface area contributed by atoms with Crippen LogP contribution in [0, 0.1) is 10.1 Å². The van der Waals surface area contributed by atoms with Crippen molar-refractivity contribution < 1.29 is 18.1 Å². The van der Waals surface area contributed by atoms with Gasteiger partial charge >= 0.3 is 0 Å². The molecule has 1 amide bonds. The van der Waals surface area contributed by atoms with Crippen LogP contribution in [0.4, 0.5) is 11.4 Å². The second-order valence-electron chi connectivity index (χ2n) is 6.70. The fourth-order valence-corrected chi connectivity index (χ4v) is 4.42. The quantitative estimate of drug-likeness (QED) is 0.420. The van der Waals surface area contributed by atoms with Gasteiger partial charge in [-0.05, 0) is 35.9 Å². The molecule has 0 fully saturated rings. The van der Waals surface area contributed by atoms with E-state index < -0.39 is 20.9 Å². The van der Waals surface area contributed by atoms with Crippen LogP contribution in [0.2, 0.25) is 0 Å². The van der Waals surface area contributed by atoms with E-state index in [1.165, 1.54) is 52.8 Å². The molecule has 0 bridgehead atoms. The first-order chi connectivity index (χ1) is 14.8. The third-order valence-corrected chi connectivity index (χ3v) is 6.56. The standard InChI is InChI=1S/C22H21N3O5S/c1-2-24(16-17-7-4-3-5-8-17)31(29,30)21-13-11-18(12-14-21)22(26)23-19-9-6-10-20(15-19)25(27)28/h3-15H,2,16H2,1H3,(H,23,26). The highest BCUT2D eigenvalue weighted by atomic mass is 32.2. The Morgan fingerprint density at radius 1 is 1.00 bits per heavy atom. The Morgan fingerprint density at radius 2 is 1.68 bits per heavy atom. The Morgan fingerprint density at radius 3 is 2.29 bits per heavy atom. The summed E-state index contributed by atoms with van der Waals surface area (Å²) in [5.41, 5.74) is 1.24. The Labute approximate surface area is 180 Å². The molecule has 0 aliphatic rings. The fourth-order valence-electron chi connectivity index (χ4n) is 2.98. The van der Waals surface area contributed by atoms with E-state index in [1.54, 1.807) is 6.92 Å². The number of nitro benzene ring substituents is 1. The molecule has 0 atom stereocenters. The topological polar surface area (TPSA) is 110 Å². The van der Waals surface area contributed by atoms with Crippen LogP contribution in [-0.2, 0) is 16.6 Å². The maximum absolute atomic E-state index is 13.0. The molecular weight excluding hydrogens is 418 g/mol. The van der Waals surface area contributed by atoms with Crippen molar-refractivity contribution in [1.82, 2.24) is 4.31 Å². The van der Waals surface area contributed by atoms with Crippen molar-refractivity contribution in [2.45, 2.75) is 18.4 Å². The van der Waals surface area contributed by atoms with Crippen molar-refractivity contribution in [1.29, 1.82) is 0 Å². The molecular formula is C22H21N3O5S. The molecule has 3 rings (SSSR count). The predicted molar refractivity (Wildman–Crippen MR) is 117 cm³/mol. The molecule has 3 aromatic carbocycles. The smallest absolute Gasteiger partial charge is 0.271 e. The van der Waals surface area contributed by atoms with Crippen molar-refractivity contribution in [3.63, 3.8) is 0 Å². The summed E-state index contributed by atoms with van der Waals surface area (Å²) in [5, 5.41) is 13.4. The second-order valence-corrected chi connectivity index (χ2v) is 8.64. The first-order valence-corrected chi connectivity index (χ1v) is 10.9. The number of nitrogens with zero attached hydrogens (tertiary/aromatic N) is 2. The van der Waals surface area contributed by atoms with Gasteiger partial charge in [-0.3, -0.25) is 14.9 Å². The van der Waals surface area contributed by atoms with Gasteiger partial charge in [0, 0.05) is 36.5 Å². The zero-order valence-electron chi connectivity index (χ0n) is 16.8. The highest BCUT2D eigenvalue weighted by molar-refractivity contribution is 7.89. The Bertz CT molecular complexity index is 1180. The molecule has 0 heterocycles. The van der Waals surface area contributed by atoms with Crippen LogP contribution in [0.25, 0.3) is 0 Å². The van der Waals surface area contributed by atoms with Crippen LogP contribution < -0.4 is 5.32 Å². The second kappa shape index (κ2) is 9.50. The lowest BCUT2D eigenvalue weighted by atomic mass is 10.2. The van der Waals surface area contributed by atoms with Crippen molar-refractivity contribution >= 4 is 27.3 Å². The summed E-state index contributed by atoms with van der Waals surface area (Å²) in [6.45, 7) is 2.31. The number of nitro groups is 1. The minimum Gasteiger partial charge on any atom is -0.322 e. The number of benzene rings is 3. The van der Waals surface area contributed by atoms with Crippen molar-refractivity contribution in [2.75, 3.05) is 11.9 Å². The van der Waals surface area contributed by atoms with Crippen LogP contribution in [0.15, 0.2) is 83.8 Å². The van der Waals surface area contributed by atoms with Crippen molar-refractivity contribution in [3.8, 4) is 0 Å². The minimum absolute atomic E-state index is 0.0807. The lowest BCUT2D eigenvalue weighted by Gasteiger charge is -2.20. The number of non-ortho nitro benzene ring substituents is 1. The molecule has 1 N–H and O–H groups in total. The summed E-state index contributed by atoms with van der Waals surface area (Å²) < 4.78 is 27.4. The number of rotatable bonds is 8. The Balaban J connectivity index is 1.75. The molecule has 0 aromatic heterocycles. The largest absolute Gasteiger partial charge is 0.322 e. The van der Waals surface area contributed by atoms with Gasteiger partial charge in [-0.2, -0.15) is 4.31 Å². The summed E-state index contributed by atoms with van der Waals surface area (Å²) in [5.74, 6) is -0.499. The van der Waals surface area contributed by atoms with Crippen LogP contribution in [-0.4, -0.2) is 30.1 Å². The number of hydrogen-bond donors (Lipinski definition) is 1. The van der Waals surface area contributed by atoms with Crippen molar-refractivity contribution in [3.05, 3.63) is 100 Å². The summed E-state index contributed by atoms with van der Waals surface area (Å²) in [4.78, 5) is 22.8. The molecule has 0 saturated heterocycles. The van der Waals surface area contributed by atoms with E-state index in [2.05, 4.69) is 5.32 Å². The highest BCUT2D eigenvalue weighted by Gasteiger charge is 2.23. The van der Waals surface area contributed by atoms with E-state index in [1.807, 2.05) is 30.3 Å². The summed E-state index contributed by atoms with van der Waals surface area (Å²) in [7, 11) is -3.74. The number of anilines is 1. The molecule has 0 aliphatic carbocycles. The first-order valence-electron chi connectivity index (χ1n) is 9.51. The molecule has 0 unspecified atom stereocenters. The van der Waals surface area contributed by atoms with E-state index in [9.17, 15) is 23.3 Å². The molecule has 0 radical (unpaired) electrons. The molecule has 0 saturated carbocycles. The van der Waals surface area contributed by atoms with E-state index in [0.717, 1.165) is 5.56 Å². The number of hydrogen-bond acceptors (Lipinski definition) is 5. The highest BCUT2D eigenvalue weighted by Crippen LogP contribution is 2.21. The maximum Gasteiger partial charge on any atom is 0.271 e. The third-order valence-electron chi connectivity index (χ3n) is 4.62. The van der Waals surface area contributed by atoms with Crippen LogP contribution >= 0.6 is 0 Å². The number of sulfonamides is 1. The van der Waals surface area contributed by atoms with Gasteiger partial charge in [0.05, 0.1) is 9.82 Å². The van der Waals surface area contributed by atoms with Gasteiger partial charge in [0.25, 0.3) is 11.6 Å². The molecule has 3 aromatic rings. The zero-order valence-corrected chi connectivity index (χ0v) is 17.6. The Kier molecular flexibility index (Phi) is 6.78. The van der Waals surface area contributed by atoms with Gasteiger partial charge in [0.2, 0.25) is 10.0 Å². The average molecular weight is 439 g/mol. The average Bonchev–Trinajstić information content (AvgIpc) is 2.78. The van der Waals surface area contributed by atoms with E-state index >= 15 is 0 Å². The Hall–Kier alpha value is -3.56. The van der Waals surface area contributed by atoms with Gasteiger partial charge in [-0.1, -0.05) is 43.3 Å². The summed E-state index contributed by atoms with van der Waals surface area (Å²) in [6, 6.07) is 20.5. The fraction of sp³-hybridized carbons (Fsp3) is 0.136. The molecule has 31 heavy (non-hydrogen) atoms. The van der Waals surface area contributed by atoms with Gasteiger partial charge in [-0.25, -0.2) is 8.42 Å². The van der Waals surface area contributed by atoms with E-state index in [0.29, 0.717) is 6.54 Å². The third kappa shape index (κ3) is 5.33. The SMILES string of the molecule is CCN(Cc1ccccc1)S(=O)(=O)c1ccc(C(=O)Nc2cccc([N+](=O)[O-])c2)cc1. The van der Waals surface area contributed by atoms with Gasteiger partial charge in [0.1, 0.15) is 0 Å². The van der Waals surface area contributed by atoms with E-state index in [-0.39, 0.29) is 28.4 Å². The summed E-state index contributed by atoms with van der Waals surface area (Å²) in [6.07, 6.45) is 0. The van der Waals surface area contributed by atoms with Crippen LogP contribution in [0.1, 0.15) is 22.8 Å². The molecule has 0 spiro atoms. The van der Waals surface area contributed by atoms with Crippen molar-refractivity contribution in [2.24, 2.45) is 0 Å². The maximum atomic E-state index is 13.0. The normalized spacial score (nSPS) is 11.3. The number of carbonyl (C=O) groups is 1. The van der Waals surface area contributed by atoms with Crippen LogP contribution in [0.3, 0.4) is 0 Å². The monoisotopic (exact) mass is 439 g/mol. The molecule has 160 valence electrons. The van der Waals surface area contributed by atoms with Gasteiger partial charge in [0.15, 0.2) is 0 Å².